The average molecular weight is 281 g/mol. The van der Waals surface area contributed by atoms with Crippen molar-refractivity contribution in [2.45, 2.75) is 11.8 Å². The van der Waals surface area contributed by atoms with Gasteiger partial charge < -0.3 is 5.32 Å². The van der Waals surface area contributed by atoms with Crippen molar-refractivity contribution in [2.24, 2.45) is 0 Å². The van der Waals surface area contributed by atoms with E-state index in [2.05, 4.69) is 5.32 Å². The third kappa shape index (κ3) is 3.07. The van der Waals surface area contributed by atoms with Crippen LogP contribution in [-0.4, -0.2) is 21.5 Å². The summed E-state index contributed by atoms with van der Waals surface area (Å²) in [6.45, 7) is 1.42. The summed E-state index contributed by atoms with van der Waals surface area (Å²) < 4.78 is 38.3. The Bertz CT molecular complexity index is 560. The fourth-order valence-electron chi connectivity index (χ4n) is 1.13. The molecule has 0 atom stereocenters. The number of nitrogens with one attached hydrogen (secondary N) is 2. The van der Waals surface area contributed by atoms with E-state index >= 15 is 0 Å². The van der Waals surface area contributed by atoms with E-state index in [1.165, 1.54) is 14.0 Å². The van der Waals surface area contributed by atoms with Crippen molar-refractivity contribution in [3.05, 3.63) is 28.5 Å². The molecule has 17 heavy (non-hydrogen) atoms. The molecule has 0 aliphatic heterocycles. The maximum Gasteiger partial charge on any atom is 0.328 e. The van der Waals surface area contributed by atoms with E-state index < -0.39 is 21.9 Å². The van der Waals surface area contributed by atoms with E-state index in [9.17, 15) is 17.6 Å². The van der Waals surface area contributed by atoms with E-state index in [-0.39, 0.29) is 15.5 Å². The van der Waals surface area contributed by atoms with Crippen molar-refractivity contribution < 1.29 is 17.6 Å². The summed E-state index contributed by atoms with van der Waals surface area (Å²) in [5.74, 6) is -0.794. The quantitative estimate of drug-likeness (QED) is 0.860. The molecule has 0 unspecified atom stereocenters. The molecule has 1 rings (SSSR count). The van der Waals surface area contributed by atoms with Crippen LogP contribution in [0.3, 0.4) is 0 Å². The van der Waals surface area contributed by atoms with E-state index in [0.717, 1.165) is 12.1 Å². The first kappa shape index (κ1) is 13.7. The van der Waals surface area contributed by atoms with Gasteiger partial charge in [-0.1, -0.05) is 11.6 Å². The molecule has 0 aromatic heterocycles. The van der Waals surface area contributed by atoms with Crippen molar-refractivity contribution in [1.82, 2.24) is 10.0 Å². The van der Waals surface area contributed by atoms with Gasteiger partial charge in [-0.05, 0) is 24.6 Å². The molecule has 0 fully saturated rings. The van der Waals surface area contributed by atoms with Gasteiger partial charge >= 0.3 is 6.03 Å². The van der Waals surface area contributed by atoms with Crippen LogP contribution in [-0.2, 0) is 10.0 Å². The summed E-state index contributed by atoms with van der Waals surface area (Å²) in [5, 5.41) is 2.06. The second-order valence-electron chi connectivity index (χ2n) is 3.20. The van der Waals surface area contributed by atoms with Crippen LogP contribution in [0, 0.1) is 12.7 Å². The number of halogens is 2. The third-order valence-corrected chi connectivity index (χ3v) is 3.85. The van der Waals surface area contributed by atoms with Crippen LogP contribution in [0.25, 0.3) is 0 Å². The highest BCUT2D eigenvalue weighted by atomic mass is 35.5. The summed E-state index contributed by atoms with van der Waals surface area (Å²) in [5.41, 5.74) is 0.171. The second-order valence-corrected chi connectivity index (χ2v) is 5.25. The number of urea groups is 1. The van der Waals surface area contributed by atoms with Gasteiger partial charge in [-0.15, -0.1) is 0 Å². The normalized spacial score (nSPS) is 11.1. The zero-order valence-electron chi connectivity index (χ0n) is 9.04. The fraction of sp³-hybridized carbons (Fsp3) is 0.222. The zero-order chi connectivity index (χ0) is 13.2. The summed E-state index contributed by atoms with van der Waals surface area (Å²) in [7, 11) is -2.87. The smallest absolute Gasteiger partial charge is 0.328 e. The van der Waals surface area contributed by atoms with Gasteiger partial charge in [0, 0.05) is 12.1 Å². The Morgan fingerprint density at radius 1 is 1.41 bits per heavy atom. The molecule has 1 aromatic carbocycles. The first-order valence-corrected chi connectivity index (χ1v) is 6.34. The predicted octanol–water partition coefficient (Wildman–Crippen LogP) is 1.41. The lowest BCUT2D eigenvalue weighted by Gasteiger charge is -2.10. The molecule has 0 spiro atoms. The molecule has 0 aliphatic rings. The fourth-order valence-corrected chi connectivity index (χ4v) is 2.63. The van der Waals surface area contributed by atoms with Gasteiger partial charge in [0.05, 0.1) is 4.90 Å². The number of hydrogen-bond acceptors (Lipinski definition) is 3. The Balaban J connectivity index is 3.29. The molecule has 0 saturated carbocycles. The Morgan fingerprint density at radius 3 is 2.53 bits per heavy atom. The minimum absolute atomic E-state index is 0.0257. The molecule has 2 amide bonds. The number of carbonyl (C=O) groups is 1. The van der Waals surface area contributed by atoms with E-state index in [1.807, 2.05) is 0 Å². The average Bonchev–Trinajstić information content (AvgIpc) is 2.22. The maximum atomic E-state index is 13.1. The van der Waals surface area contributed by atoms with Gasteiger partial charge in [0.15, 0.2) is 0 Å². The summed E-state index contributed by atoms with van der Waals surface area (Å²) in [4.78, 5) is 10.6. The lowest BCUT2D eigenvalue weighted by Crippen LogP contribution is -2.37. The molecular weight excluding hydrogens is 271 g/mol. The van der Waals surface area contributed by atoms with E-state index in [0.29, 0.717) is 0 Å². The topological polar surface area (TPSA) is 75.3 Å². The summed E-state index contributed by atoms with van der Waals surface area (Å²) in [6, 6.07) is 0.882. The van der Waals surface area contributed by atoms with Crippen LogP contribution >= 0.6 is 11.6 Å². The Hall–Kier alpha value is -1.34. The third-order valence-electron chi connectivity index (χ3n) is 2.01. The molecule has 5 nitrogen and oxygen atoms in total. The molecule has 94 valence electrons. The largest absolute Gasteiger partial charge is 0.340 e. The molecule has 0 radical (unpaired) electrons. The number of hydrogen-bond donors (Lipinski definition) is 2. The summed E-state index contributed by atoms with van der Waals surface area (Å²) in [6.07, 6.45) is 0. The molecule has 8 heteroatoms. The SMILES string of the molecule is CNC(=O)NS(=O)(=O)c1cc(F)cc(Cl)c1C. The second kappa shape index (κ2) is 4.89. The minimum Gasteiger partial charge on any atom is -0.340 e. The molecule has 0 heterocycles. The van der Waals surface area contributed by atoms with Crippen molar-refractivity contribution in [1.29, 1.82) is 0 Å². The van der Waals surface area contributed by atoms with E-state index in [1.54, 1.807) is 4.72 Å². The number of benzene rings is 1. The molecular formula is C9H10ClFN2O3S. The Morgan fingerprint density at radius 2 is 2.00 bits per heavy atom. The van der Waals surface area contributed by atoms with Crippen molar-refractivity contribution in [3.63, 3.8) is 0 Å². The molecule has 0 bridgehead atoms. The standard InChI is InChI=1S/C9H10ClFN2O3S/c1-5-7(10)3-6(11)4-8(5)17(15,16)13-9(14)12-2/h3-4H,1-2H3,(H2,12,13,14). The Labute approximate surface area is 103 Å². The highest BCUT2D eigenvalue weighted by Gasteiger charge is 2.21. The predicted molar refractivity (Wildman–Crippen MR) is 60.9 cm³/mol. The van der Waals surface area contributed by atoms with Gasteiger partial charge in [0.1, 0.15) is 5.82 Å². The van der Waals surface area contributed by atoms with Crippen molar-refractivity contribution >= 4 is 27.7 Å². The number of sulfonamides is 1. The minimum atomic E-state index is -4.13. The molecule has 1 aromatic rings. The van der Waals surface area contributed by atoms with Crippen molar-refractivity contribution in [2.75, 3.05) is 7.05 Å². The highest BCUT2D eigenvalue weighted by Crippen LogP contribution is 2.24. The molecule has 0 saturated heterocycles. The van der Waals surface area contributed by atoms with Crippen LogP contribution in [0.1, 0.15) is 5.56 Å². The van der Waals surface area contributed by atoms with Crippen LogP contribution < -0.4 is 10.0 Å². The first-order chi connectivity index (χ1) is 7.77. The maximum absolute atomic E-state index is 13.1. The van der Waals surface area contributed by atoms with Gasteiger partial charge in [0.2, 0.25) is 0 Å². The van der Waals surface area contributed by atoms with Gasteiger partial charge in [-0.3, -0.25) is 0 Å². The number of carbonyl (C=O) groups excluding carboxylic acids is 1. The molecule has 2 N–H and O–H groups in total. The molecule has 0 aliphatic carbocycles. The monoisotopic (exact) mass is 280 g/mol. The van der Waals surface area contributed by atoms with E-state index in [4.69, 9.17) is 11.6 Å². The zero-order valence-corrected chi connectivity index (χ0v) is 10.6. The van der Waals surface area contributed by atoms with Crippen LogP contribution in [0.2, 0.25) is 5.02 Å². The van der Waals surface area contributed by atoms with Crippen LogP contribution in [0.5, 0.6) is 0 Å². The van der Waals surface area contributed by atoms with Crippen molar-refractivity contribution in [3.8, 4) is 0 Å². The number of rotatable bonds is 2. The lowest BCUT2D eigenvalue weighted by atomic mass is 10.2. The lowest BCUT2D eigenvalue weighted by molar-refractivity contribution is 0.248. The van der Waals surface area contributed by atoms with Crippen LogP contribution in [0.15, 0.2) is 17.0 Å². The van der Waals surface area contributed by atoms with Gasteiger partial charge in [0.25, 0.3) is 10.0 Å². The highest BCUT2D eigenvalue weighted by molar-refractivity contribution is 7.90. The van der Waals surface area contributed by atoms with Crippen LogP contribution in [0.4, 0.5) is 9.18 Å². The van der Waals surface area contributed by atoms with Gasteiger partial charge in [-0.25, -0.2) is 22.3 Å². The first-order valence-electron chi connectivity index (χ1n) is 4.48. The summed E-state index contributed by atoms with van der Waals surface area (Å²) >= 11 is 5.66. The van der Waals surface area contributed by atoms with Gasteiger partial charge in [-0.2, -0.15) is 0 Å². The Kier molecular flexibility index (Phi) is 3.94. The number of amides is 2.